The molecule has 2 atom stereocenters. The quantitative estimate of drug-likeness (QED) is 0.674. The van der Waals surface area contributed by atoms with Crippen molar-refractivity contribution in [2.75, 3.05) is 10.6 Å². The molecular formula is C20H21ClF3N3O2. The largest absolute Gasteiger partial charge is 0.416 e. The molecule has 2 aromatic rings. The minimum Gasteiger partial charge on any atom is -0.328 e. The summed E-state index contributed by atoms with van der Waals surface area (Å²) in [4.78, 5) is 24.7. The van der Waals surface area contributed by atoms with Gasteiger partial charge in [0.15, 0.2) is 0 Å². The molecule has 0 radical (unpaired) electrons. The Morgan fingerprint density at radius 3 is 2.24 bits per heavy atom. The second kappa shape index (κ2) is 9.28. The van der Waals surface area contributed by atoms with E-state index in [1.54, 1.807) is 12.1 Å². The van der Waals surface area contributed by atoms with Crippen LogP contribution in [0.5, 0.6) is 0 Å². The number of hydrogen-bond donors (Lipinski definition) is 3. The number of anilines is 2. The van der Waals surface area contributed by atoms with Crippen LogP contribution < -0.4 is 16.4 Å². The van der Waals surface area contributed by atoms with Crippen molar-refractivity contribution in [3.63, 3.8) is 0 Å². The molecule has 0 heterocycles. The number of rotatable bonds is 4. The van der Waals surface area contributed by atoms with E-state index in [-0.39, 0.29) is 41.5 Å². The summed E-state index contributed by atoms with van der Waals surface area (Å²) in [7, 11) is 0. The summed E-state index contributed by atoms with van der Waals surface area (Å²) in [5.74, 6) is -0.876. The molecule has 0 aromatic heterocycles. The van der Waals surface area contributed by atoms with Crippen molar-refractivity contribution in [3.05, 3.63) is 59.7 Å². The highest BCUT2D eigenvalue weighted by atomic mass is 35.5. The number of alkyl halides is 3. The zero-order chi connectivity index (χ0) is 20.3. The summed E-state index contributed by atoms with van der Waals surface area (Å²) >= 11 is 0. The third-order valence-corrected chi connectivity index (χ3v) is 4.68. The predicted octanol–water partition coefficient (Wildman–Crippen LogP) is 4.45. The van der Waals surface area contributed by atoms with E-state index in [1.807, 2.05) is 0 Å². The van der Waals surface area contributed by atoms with E-state index in [4.69, 9.17) is 5.73 Å². The zero-order valence-electron chi connectivity index (χ0n) is 15.3. The van der Waals surface area contributed by atoms with Gasteiger partial charge in [-0.2, -0.15) is 13.2 Å². The van der Waals surface area contributed by atoms with Crippen LogP contribution >= 0.6 is 12.4 Å². The van der Waals surface area contributed by atoms with Crippen LogP contribution in [-0.4, -0.2) is 17.9 Å². The van der Waals surface area contributed by atoms with Gasteiger partial charge >= 0.3 is 6.18 Å². The van der Waals surface area contributed by atoms with Crippen LogP contribution in [0.3, 0.4) is 0 Å². The Hall–Kier alpha value is -2.58. The number of carbonyl (C=O) groups is 2. The van der Waals surface area contributed by atoms with E-state index in [0.717, 1.165) is 25.0 Å². The Morgan fingerprint density at radius 2 is 1.62 bits per heavy atom. The summed E-state index contributed by atoms with van der Waals surface area (Å²) in [5, 5.41) is 5.21. The molecule has 1 aliphatic rings. The summed E-state index contributed by atoms with van der Waals surface area (Å²) in [6.07, 6.45) is -2.34. The molecule has 1 aliphatic carbocycles. The lowest BCUT2D eigenvalue weighted by atomic mass is 10.1. The maximum atomic E-state index is 12.8. The molecule has 9 heteroatoms. The maximum absolute atomic E-state index is 12.8. The molecule has 0 saturated heterocycles. The summed E-state index contributed by atoms with van der Waals surface area (Å²) in [6.45, 7) is 0. The Bertz CT molecular complexity index is 889. The Balaban J connectivity index is 0.00000300. The molecule has 2 aromatic carbocycles. The Morgan fingerprint density at radius 1 is 0.966 bits per heavy atom. The third kappa shape index (κ3) is 5.95. The molecule has 2 unspecified atom stereocenters. The molecule has 156 valence electrons. The van der Waals surface area contributed by atoms with Gasteiger partial charge in [-0.15, -0.1) is 12.4 Å². The molecule has 4 N–H and O–H groups in total. The van der Waals surface area contributed by atoms with E-state index >= 15 is 0 Å². The molecule has 1 fully saturated rings. The number of halogens is 4. The second-order valence-electron chi connectivity index (χ2n) is 6.87. The molecule has 3 rings (SSSR count). The van der Waals surface area contributed by atoms with Gasteiger partial charge < -0.3 is 16.4 Å². The van der Waals surface area contributed by atoms with Crippen LogP contribution in [0.15, 0.2) is 48.5 Å². The molecule has 2 amide bonds. The molecule has 29 heavy (non-hydrogen) atoms. The third-order valence-electron chi connectivity index (χ3n) is 4.68. The Labute approximate surface area is 172 Å². The van der Waals surface area contributed by atoms with Crippen molar-refractivity contribution in [1.29, 1.82) is 0 Å². The average molecular weight is 428 g/mol. The Kier molecular flexibility index (Phi) is 7.26. The highest BCUT2D eigenvalue weighted by Gasteiger charge is 2.30. The van der Waals surface area contributed by atoms with Gasteiger partial charge in [-0.05, 0) is 55.7 Å². The van der Waals surface area contributed by atoms with Crippen LogP contribution in [0.1, 0.15) is 35.2 Å². The monoisotopic (exact) mass is 427 g/mol. The first kappa shape index (κ1) is 22.7. The van der Waals surface area contributed by atoms with Crippen molar-refractivity contribution in [1.82, 2.24) is 0 Å². The van der Waals surface area contributed by atoms with Crippen LogP contribution in [0.2, 0.25) is 0 Å². The van der Waals surface area contributed by atoms with Crippen molar-refractivity contribution >= 4 is 35.6 Å². The van der Waals surface area contributed by atoms with Gasteiger partial charge in [-0.1, -0.05) is 12.1 Å². The van der Waals surface area contributed by atoms with Crippen molar-refractivity contribution in [2.24, 2.45) is 11.7 Å². The lowest BCUT2D eigenvalue weighted by molar-refractivity contribution is -0.137. The first-order valence-electron chi connectivity index (χ1n) is 8.87. The van der Waals surface area contributed by atoms with Crippen molar-refractivity contribution in [2.45, 2.75) is 31.5 Å². The number of benzene rings is 2. The van der Waals surface area contributed by atoms with E-state index in [9.17, 15) is 22.8 Å². The standard InChI is InChI=1S/C20H20F3N3O2.ClH/c21-20(22,23)14-4-2-6-17(11-14)26-18(27)12-3-1-5-16(10-12)25-19(28)13-7-8-15(24)9-13;/h1-6,10-11,13,15H,7-9,24H2,(H,25,28)(H,26,27);1H. The van der Waals surface area contributed by atoms with Crippen LogP contribution in [0.25, 0.3) is 0 Å². The number of hydrogen-bond acceptors (Lipinski definition) is 3. The molecule has 0 bridgehead atoms. The highest BCUT2D eigenvalue weighted by molar-refractivity contribution is 6.05. The predicted molar refractivity (Wildman–Crippen MR) is 107 cm³/mol. The fourth-order valence-corrected chi connectivity index (χ4v) is 3.21. The molecule has 1 saturated carbocycles. The minimum atomic E-state index is -4.49. The van der Waals surface area contributed by atoms with E-state index in [1.165, 1.54) is 24.3 Å². The average Bonchev–Trinajstić information content (AvgIpc) is 3.08. The number of nitrogens with one attached hydrogen (secondary N) is 2. The zero-order valence-corrected chi connectivity index (χ0v) is 16.1. The van der Waals surface area contributed by atoms with Gasteiger partial charge in [0.25, 0.3) is 5.91 Å². The van der Waals surface area contributed by atoms with E-state index < -0.39 is 17.6 Å². The second-order valence-corrected chi connectivity index (χ2v) is 6.87. The van der Waals surface area contributed by atoms with Gasteiger partial charge in [-0.25, -0.2) is 0 Å². The van der Waals surface area contributed by atoms with Crippen molar-refractivity contribution < 1.29 is 22.8 Å². The van der Waals surface area contributed by atoms with Gasteiger partial charge in [0, 0.05) is 28.9 Å². The number of nitrogens with two attached hydrogens (primary N) is 1. The maximum Gasteiger partial charge on any atom is 0.416 e. The summed E-state index contributed by atoms with van der Waals surface area (Å²) in [5.41, 5.74) is 5.68. The fraction of sp³-hybridized carbons (Fsp3) is 0.300. The van der Waals surface area contributed by atoms with Gasteiger partial charge in [0.05, 0.1) is 5.56 Å². The molecule has 0 aliphatic heterocycles. The molecular weight excluding hydrogens is 407 g/mol. The SMILES string of the molecule is Cl.NC1CCC(C(=O)Nc2cccc(C(=O)Nc3cccc(C(F)(F)F)c3)c2)C1. The van der Waals surface area contributed by atoms with Crippen molar-refractivity contribution in [3.8, 4) is 0 Å². The molecule has 0 spiro atoms. The fourth-order valence-electron chi connectivity index (χ4n) is 3.21. The lowest BCUT2D eigenvalue weighted by Crippen LogP contribution is -2.23. The number of amides is 2. The van der Waals surface area contributed by atoms with E-state index in [2.05, 4.69) is 10.6 Å². The smallest absolute Gasteiger partial charge is 0.328 e. The number of carbonyl (C=O) groups excluding carboxylic acids is 2. The minimum absolute atomic E-state index is 0. The summed E-state index contributed by atoms with van der Waals surface area (Å²) < 4.78 is 38.4. The van der Waals surface area contributed by atoms with Crippen LogP contribution in [0, 0.1) is 5.92 Å². The summed E-state index contributed by atoms with van der Waals surface area (Å²) in [6, 6.07) is 10.7. The topological polar surface area (TPSA) is 84.2 Å². The van der Waals surface area contributed by atoms with Gasteiger partial charge in [-0.3, -0.25) is 9.59 Å². The van der Waals surface area contributed by atoms with Crippen LogP contribution in [0.4, 0.5) is 24.5 Å². The first-order valence-corrected chi connectivity index (χ1v) is 8.87. The highest BCUT2D eigenvalue weighted by Crippen LogP contribution is 2.31. The van der Waals surface area contributed by atoms with E-state index in [0.29, 0.717) is 12.1 Å². The first-order chi connectivity index (χ1) is 13.2. The van der Waals surface area contributed by atoms with Crippen LogP contribution in [-0.2, 0) is 11.0 Å². The molecule has 5 nitrogen and oxygen atoms in total. The van der Waals surface area contributed by atoms with Gasteiger partial charge in [0.1, 0.15) is 0 Å². The van der Waals surface area contributed by atoms with Gasteiger partial charge in [0.2, 0.25) is 5.91 Å². The normalized spacial score (nSPS) is 18.6. The lowest BCUT2D eigenvalue weighted by Gasteiger charge is -2.12.